The van der Waals surface area contributed by atoms with E-state index in [-0.39, 0.29) is 11.6 Å². The van der Waals surface area contributed by atoms with Gasteiger partial charge >= 0.3 is 0 Å². The number of rotatable bonds is 4. The van der Waals surface area contributed by atoms with Crippen LogP contribution in [-0.2, 0) is 13.5 Å². The van der Waals surface area contributed by atoms with Crippen LogP contribution < -0.4 is 5.73 Å². The quantitative estimate of drug-likeness (QED) is 0.880. The third-order valence-electron chi connectivity index (χ3n) is 4.36. The van der Waals surface area contributed by atoms with Crippen molar-refractivity contribution < 1.29 is 0 Å². The molecule has 1 fully saturated rings. The van der Waals surface area contributed by atoms with Gasteiger partial charge in [0.2, 0.25) is 0 Å². The average Bonchev–Trinajstić information content (AvgIpc) is 2.89. The van der Waals surface area contributed by atoms with E-state index in [0.717, 1.165) is 12.1 Å². The van der Waals surface area contributed by atoms with E-state index < -0.39 is 0 Å². The first-order valence-electron chi connectivity index (χ1n) is 6.91. The Hall–Kier alpha value is -0.870. The monoisotopic (exact) mass is 250 g/mol. The maximum atomic E-state index is 6.46. The van der Waals surface area contributed by atoms with E-state index in [9.17, 15) is 0 Å². The number of hydrogen-bond donors (Lipinski definition) is 1. The summed E-state index contributed by atoms with van der Waals surface area (Å²) in [6.45, 7) is 8.94. The van der Waals surface area contributed by atoms with Crippen LogP contribution in [0.25, 0.3) is 0 Å². The van der Waals surface area contributed by atoms with Gasteiger partial charge in [-0.15, -0.1) is 0 Å². The summed E-state index contributed by atoms with van der Waals surface area (Å²) in [5.41, 5.74) is 8.82. The first-order valence-corrected chi connectivity index (χ1v) is 6.91. The highest BCUT2D eigenvalue weighted by molar-refractivity contribution is 5.12. The lowest BCUT2D eigenvalue weighted by molar-refractivity contribution is 0.123. The molecule has 1 unspecified atom stereocenters. The van der Waals surface area contributed by atoms with Crippen molar-refractivity contribution in [3.05, 3.63) is 17.5 Å². The van der Waals surface area contributed by atoms with Gasteiger partial charge in [-0.2, -0.15) is 5.10 Å². The summed E-state index contributed by atoms with van der Waals surface area (Å²) >= 11 is 0. The summed E-state index contributed by atoms with van der Waals surface area (Å²) < 4.78 is 1.95. The second kappa shape index (κ2) is 5.02. The predicted molar refractivity (Wildman–Crippen MR) is 74.5 cm³/mol. The Balaban J connectivity index is 2.06. The average molecular weight is 250 g/mol. The highest BCUT2D eigenvalue weighted by Gasteiger charge is 2.34. The predicted octanol–water partition coefficient (Wildman–Crippen LogP) is 1.47. The molecule has 0 aromatic carbocycles. The van der Waals surface area contributed by atoms with Crippen molar-refractivity contribution in [2.24, 2.45) is 12.8 Å². The zero-order chi connectivity index (χ0) is 13.3. The molecule has 0 bridgehead atoms. The number of aromatic nitrogens is 2. The number of aryl methyl sites for hydroxylation is 2. The molecule has 2 N–H and O–H groups in total. The van der Waals surface area contributed by atoms with Crippen LogP contribution in [0.3, 0.4) is 0 Å². The SMILES string of the molecule is Cc1cc(CC(N)C(C)(C)N2CCCC2)n(C)n1. The number of nitrogens with two attached hydrogens (primary N) is 1. The molecule has 1 aliphatic heterocycles. The van der Waals surface area contributed by atoms with Crippen LogP contribution >= 0.6 is 0 Å². The van der Waals surface area contributed by atoms with E-state index in [0.29, 0.717) is 0 Å². The molecule has 1 aromatic rings. The molecule has 0 amide bonds. The lowest BCUT2D eigenvalue weighted by Crippen LogP contribution is -2.56. The van der Waals surface area contributed by atoms with Crippen molar-refractivity contribution in [2.45, 2.75) is 51.6 Å². The fourth-order valence-electron chi connectivity index (χ4n) is 2.86. The second-order valence-corrected chi connectivity index (χ2v) is 6.06. The molecule has 18 heavy (non-hydrogen) atoms. The van der Waals surface area contributed by atoms with Crippen LogP contribution in [0.5, 0.6) is 0 Å². The lowest BCUT2D eigenvalue weighted by atomic mass is 9.90. The maximum Gasteiger partial charge on any atom is 0.0596 e. The highest BCUT2D eigenvalue weighted by atomic mass is 15.3. The molecule has 0 spiro atoms. The van der Waals surface area contributed by atoms with E-state index in [4.69, 9.17) is 5.73 Å². The van der Waals surface area contributed by atoms with Crippen molar-refractivity contribution in [1.82, 2.24) is 14.7 Å². The Morgan fingerprint density at radius 2 is 2.00 bits per heavy atom. The van der Waals surface area contributed by atoms with Crippen molar-refractivity contribution in [3.8, 4) is 0 Å². The van der Waals surface area contributed by atoms with Gasteiger partial charge in [0.15, 0.2) is 0 Å². The molecule has 2 heterocycles. The van der Waals surface area contributed by atoms with Crippen LogP contribution in [0, 0.1) is 6.92 Å². The lowest BCUT2D eigenvalue weighted by Gasteiger charge is -2.40. The first kappa shape index (κ1) is 13.6. The Kier molecular flexibility index (Phi) is 3.78. The molecule has 1 aromatic heterocycles. The maximum absolute atomic E-state index is 6.46. The van der Waals surface area contributed by atoms with Crippen molar-refractivity contribution in [3.63, 3.8) is 0 Å². The van der Waals surface area contributed by atoms with Gasteiger partial charge in [0.05, 0.1) is 5.69 Å². The molecule has 4 nitrogen and oxygen atoms in total. The van der Waals surface area contributed by atoms with Crippen LogP contribution in [0.1, 0.15) is 38.1 Å². The molecule has 2 rings (SSSR count). The summed E-state index contributed by atoms with van der Waals surface area (Å²) in [5, 5.41) is 4.39. The fraction of sp³-hybridized carbons (Fsp3) is 0.786. The van der Waals surface area contributed by atoms with Gasteiger partial charge in [-0.1, -0.05) is 0 Å². The van der Waals surface area contributed by atoms with Crippen molar-refractivity contribution >= 4 is 0 Å². The minimum Gasteiger partial charge on any atom is -0.326 e. The van der Waals surface area contributed by atoms with E-state index in [1.165, 1.54) is 31.6 Å². The van der Waals surface area contributed by atoms with E-state index >= 15 is 0 Å². The topological polar surface area (TPSA) is 47.1 Å². The van der Waals surface area contributed by atoms with Gasteiger partial charge in [0.25, 0.3) is 0 Å². The standard InChI is InChI=1S/C14H26N4/c1-11-9-12(17(4)16-11)10-13(15)14(2,3)18-7-5-6-8-18/h9,13H,5-8,10,15H2,1-4H3. The second-order valence-electron chi connectivity index (χ2n) is 6.06. The summed E-state index contributed by atoms with van der Waals surface area (Å²) in [6.07, 6.45) is 3.50. The van der Waals surface area contributed by atoms with E-state index in [2.05, 4.69) is 29.9 Å². The zero-order valence-corrected chi connectivity index (χ0v) is 12.1. The summed E-state index contributed by atoms with van der Waals surface area (Å²) in [7, 11) is 2.00. The molecule has 0 radical (unpaired) electrons. The minimum absolute atomic E-state index is 0.0642. The number of likely N-dealkylation sites (tertiary alicyclic amines) is 1. The Morgan fingerprint density at radius 1 is 1.39 bits per heavy atom. The summed E-state index contributed by atoms with van der Waals surface area (Å²) in [6, 6.07) is 2.28. The molecule has 1 aliphatic rings. The van der Waals surface area contributed by atoms with Gasteiger partial charge in [0.1, 0.15) is 0 Å². The molecule has 102 valence electrons. The van der Waals surface area contributed by atoms with Crippen LogP contribution in [0.2, 0.25) is 0 Å². The number of hydrogen-bond acceptors (Lipinski definition) is 3. The third-order valence-corrected chi connectivity index (χ3v) is 4.36. The normalized spacial score (nSPS) is 19.4. The van der Waals surface area contributed by atoms with Crippen LogP contribution in [0.4, 0.5) is 0 Å². The molecule has 4 heteroatoms. The van der Waals surface area contributed by atoms with Gasteiger partial charge in [-0.25, -0.2) is 0 Å². The fourth-order valence-corrected chi connectivity index (χ4v) is 2.86. The molecule has 0 saturated carbocycles. The summed E-state index contributed by atoms with van der Waals surface area (Å²) in [4.78, 5) is 2.53. The first-order chi connectivity index (χ1) is 8.41. The molecule has 1 atom stereocenters. The molecular weight excluding hydrogens is 224 g/mol. The molecule has 0 aliphatic carbocycles. The van der Waals surface area contributed by atoms with Crippen LogP contribution in [0.15, 0.2) is 6.07 Å². The van der Waals surface area contributed by atoms with E-state index in [1.54, 1.807) is 0 Å². The van der Waals surface area contributed by atoms with E-state index in [1.807, 2.05) is 18.7 Å². The Morgan fingerprint density at radius 3 is 2.50 bits per heavy atom. The highest BCUT2D eigenvalue weighted by Crippen LogP contribution is 2.25. The smallest absolute Gasteiger partial charge is 0.0596 e. The Bertz CT molecular complexity index is 402. The van der Waals surface area contributed by atoms with Gasteiger partial charge in [-0.3, -0.25) is 9.58 Å². The zero-order valence-electron chi connectivity index (χ0n) is 12.1. The molecule has 1 saturated heterocycles. The molecular formula is C14H26N4. The van der Waals surface area contributed by atoms with Gasteiger partial charge < -0.3 is 5.73 Å². The van der Waals surface area contributed by atoms with Crippen LogP contribution in [-0.4, -0.2) is 39.4 Å². The minimum atomic E-state index is 0.0642. The van der Waals surface area contributed by atoms with Crippen molar-refractivity contribution in [1.29, 1.82) is 0 Å². The summed E-state index contributed by atoms with van der Waals surface area (Å²) in [5.74, 6) is 0. The van der Waals surface area contributed by atoms with Gasteiger partial charge in [-0.05, 0) is 52.8 Å². The van der Waals surface area contributed by atoms with Gasteiger partial charge in [0, 0.05) is 30.7 Å². The largest absolute Gasteiger partial charge is 0.326 e. The van der Waals surface area contributed by atoms with Crippen molar-refractivity contribution in [2.75, 3.05) is 13.1 Å². The number of nitrogens with zero attached hydrogens (tertiary/aromatic N) is 3. The third kappa shape index (κ3) is 2.59. The Labute approximate surface area is 110 Å².